The fraction of sp³-hybridized carbons (Fsp3) is 0.360. The van der Waals surface area contributed by atoms with Gasteiger partial charge in [-0.1, -0.05) is 6.07 Å². The third-order valence-electron chi connectivity index (χ3n) is 6.15. The average Bonchev–Trinajstić information content (AvgIpc) is 3.41. The van der Waals surface area contributed by atoms with Crippen LogP contribution in [-0.2, 0) is 14.3 Å². The minimum atomic E-state index is -0.881. The predicted molar refractivity (Wildman–Crippen MR) is 120 cm³/mol. The van der Waals surface area contributed by atoms with E-state index >= 15 is 0 Å². The number of phenols is 1. The van der Waals surface area contributed by atoms with Crippen molar-refractivity contribution >= 4 is 17.4 Å². The highest BCUT2D eigenvalue weighted by Gasteiger charge is 2.47. The summed E-state index contributed by atoms with van der Waals surface area (Å²) in [5.74, 6) is -0.994. The number of Topliss-reactive ketones (excluding diaryl/α,β-unsaturated/α-hetero) is 1. The number of ether oxygens (including phenoxy) is 3. The number of carbonyl (C=O) groups is 2. The van der Waals surface area contributed by atoms with Gasteiger partial charge in [-0.05, 0) is 61.2 Å². The zero-order valence-electron chi connectivity index (χ0n) is 18.8. The molecule has 0 saturated carbocycles. The number of aromatic hydroxyl groups is 1. The van der Waals surface area contributed by atoms with Crippen LogP contribution in [0.1, 0.15) is 35.6 Å². The number of methoxy groups -OCH3 is 2. The van der Waals surface area contributed by atoms with Gasteiger partial charge in [0.2, 0.25) is 0 Å². The molecule has 174 valence electrons. The van der Waals surface area contributed by atoms with Crippen LogP contribution in [0.4, 0.5) is 0 Å². The summed E-state index contributed by atoms with van der Waals surface area (Å²) < 4.78 is 16.1. The van der Waals surface area contributed by atoms with Gasteiger partial charge >= 0.3 is 0 Å². The minimum Gasteiger partial charge on any atom is -0.507 e. The Balaban J connectivity index is 1.84. The summed E-state index contributed by atoms with van der Waals surface area (Å²) in [6.07, 6.45) is 1.47. The van der Waals surface area contributed by atoms with Crippen LogP contribution in [0.3, 0.4) is 0 Å². The number of aliphatic hydroxyl groups excluding tert-OH is 1. The first-order valence-corrected chi connectivity index (χ1v) is 10.8. The first-order valence-electron chi connectivity index (χ1n) is 10.8. The number of ketones is 1. The van der Waals surface area contributed by atoms with Crippen LogP contribution in [-0.4, -0.2) is 60.3 Å². The molecule has 0 aromatic heterocycles. The number of rotatable bonds is 6. The number of hydrogen-bond acceptors (Lipinski definition) is 7. The van der Waals surface area contributed by atoms with Crippen molar-refractivity contribution in [2.24, 2.45) is 0 Å². The lowest BCUT2D eigenvalue weighted by Gasteiger charge is -2.27. The maximum absolute atomic E-state index is 13.1. The van der Waals surface area contributed by atoms with Crippen LogP contribution in [0.5, 0.6) is 17.2 Å². The summed E-state index contributed by atoms with van der Waals surface area (Å²) in [5.41, 5.74) is 1.62. The Bertz CT molecular complexity index is 1120. The Morgan fingerprint density at radius 1 is 1.12 bits per heavy atom. The van der Waals surface area contributed by atoms with Crippen LogP contribution in [0.15, 0.2) is 42.0 Å². The SMILES string of the molecule is COc1ccc(/C(O)=C2/C(=O)C(=O)N(CC3CCCO3)C2c2ccc(OC)c(O)c2)cc1C. The lowest BCUT2D eigenvalue weighted by atomic mass is 9.94. The van der Waals surface area contributed by atoms with Crippen molar-refractivity contribution in [2.45, 2.75) is 31.9 Å². The molecule has 4 rings (SSSR count). The van der Waals surface area contributed by atoms with Crippen LogP contribution < -0.4 is 9.47 Å². The quantitative estimate of drug-likeness (QED) is 0.393. The van der Waals surface area contributed by atoms with Crippen LogP contribution in [0, 0.1) is 6.92 Å². The highest BCUT2D eigenvalue weighted by Crippen LogP contribution is 2.42. The number of aliphatic hydroxyl groups is 1. The molecule has 1 amide bonds. The van der Waals surface area contributed by atoms with E-state index in [1.807, 2.05) is 6.92 Å². The Morgan fingerprint density at radius 2 is 1.85 bits per heavy atom. The van der Waals surface area contributed by atoms with Gasteiger partial charge in [-0.3, -0.25) is 9.59 Å². The van der Waals surface area contributed by atoms with Crippen LogP contribution in [0.25, 0.3) is 5.76 Å². The van der Waals surface area contributed by atoms with Gasteiger partial charge < -0.3 is 29.3 Å². The van der Waals surface area contributed by atoms with Gasteiger partial charge in [0.15, 0.2) is 11.5 Å². The van der Waals surface area contributed by atoms with E-state index in [1.165, 1.54) is 18.1 Å². The van der Waals surface area contributed by atoms with Crippen LogP contribution in [0.2, 0.25) is 0 Å². The van der Waals surface area contributed by atoms with E-state index in [0.717, 1.165) is 18.4 Å². The smallest absolute Gasteiger partial charge is 0.295 e. The molecular weight excluding hydrogens is 426 g/mol. The van der Waals surface area contributed by atoms with Crippen molar-refractivity contribution in [3.63, 3.8) is 0 Å². The summed E-state index contributed by atoms with van der Waals surface area (Å²) in [6, 6.07) is 8.83. The normalized spacial score (nSPS) is 22.1. The maximum atomic E-state index is 13.1. The Hall–Kier alpha value is -3.52. The van der Waals surface area contributed by atoms with E-state index < -0.39 is 17.7 Å². The standard InChI is InChI=1S/C25H27NO7/c1-14-11-16(7-8-19(14)31-2)23(28)21-22(15-6-9-20(32-3)18(27)12-15)26(25(30)24(21)29)13-17-5-4-10-33-17/h6-9,11-12,17,22,27-28H,4-5,10,13H2,1-3H3/b23-21-. The topological polar surface area (TPSA) is 106 Å². The third kappa shape index (κ3) is 4.14. The number of phenolic OH excluding ortho intramolecular Hbond substituents is 1. The van der Waals surface area contributed by atoms with Gasteiger partial charge in [0.25, 0.3) is 11.7 Å². The second kappa shape index (κ2) is 9.15. The minimum absolute atomic E-state index is 0.0351. The van der Waals surface area contributed by atoms with Crippen molar-refractivity contribution in [3.8, 4) is 17.2 Å². The summed E-state index contributed by atoms with van der Waals surface area (Å²) in [6.45, 7) is 2.64. The molecule has 2 aromatic rings. The molecule has 8 heteroatoms. The molecule has 2 aliphatic heterocycles. The summed E-state index contributed by atoms with van der Waals surface area (Å²) in [5, 5.41) is 21.6. The molecule has 0 bridgehead atoms. The fourth-order valence-corrected chi connectivity index (χ4v) is 4.48. The fourth-order valence-electron chi connectivity index (χ4n) is 4.48. The molecule has 2 saturated heterocycles. The molecule has 33 heavy (non-hydrogen) atoms. The molecule has 2 unspecified atom stereocenters. The molecule has 2 aromatic carbocycles. The second-order valence-electron chi connectivity index (χ2n) is 8.20. The van der Waals surface area contributed by atoms with Crippen molar-refractivity contribution in [1.29, 1.82) is 0 Å². The highest BCUT2D eigenvalue weighted by atomic mass is 16.5. The van der Waals surface area contributed by atoms with E-state index in [-0.39, 0.29) is 35.5 Å². The number of benzene rings is 2. The monoisotopic (exact) mass is 453 g/mol. The average molecular weight is 453 g/mol. The number of amides is 1. The van der Waals surface area contributed by atoms with Crippen molar-refractivity contribution < 1.29 is 34.0 Å². The summed E-state index contributed by atoms with van der Waals surface area (Å²) >= 11 is 0. The molecule has 2 atom stereocenters. The Kier molecular flexibility index (Phi) is 6.29. The molecule has 0 spiro atoms. The van der Waals surface area contributed by atoms with E-state index in [2.05, 4.69) is 0 Å². The van der Waals surface area contributed by atoms with E-state index in [1.54, 1.807) is 37.4 Å². The highest BCUT2D eigenvalue weighted by molar-refractivity contribution is 6.46. The van der Waals surface area contributed by atoms with E-state index in [4.69, 9.17) is 14.2 Å². The predicted octanol–water partition coefficient (Wildman–Crippen LogP) is 3.32. The number of nitrogens with zero attached hydrogens (tertiary/aromatic N) is 1. The van der Waals surface area contributed by atoms with Crippen molar-refractivity contribution in [3.05, 3.63) is 58.7 Å². The molecular formula is C25H27NO7. The largest absolute Gasteiger partial charge is 0.507 e. The van der Waals surface area contributed by atoms with Crippen molar-refractivity contribution in [1.82, 2.24) is 4.90 Å². The molecule has 2 fully saturated rings. The van der Waals surface area contributed by atoms with Crippen LogP contribution >= 0.6 is 0 Å². The Labute approximate surface area is 192 Å². The van der Waals surface area contributed by atoms with Crippen molar-refractivity contribution in [2.75, 3.05) is 27.4 Å². The van der Waals surface area contributed by atoms with Gasteiger partial charge in [0, 0.05) is 18.7 Å². The maximum Gasteiger partial charge on any atom is 0.295 e. The number of carbonyl (C=O) groups excluding carboxylic acids is 2. The first kappa shape index (κ1) is 22.7. The Morgan fingerprint density at radius 3 is 2.45 bits per heavy atom. The van der Waals surface area contributed by atoms with Gasteiger partial charge in [-0.2, -0.15) is 0 Å². The van der Waals surface area contributed by atoms with Gasteiger partial charge in [0.1, 0.15) is 11.5 Å². The molecule has 2 aliphatic rings. The summed E-state index contributed by atoms with van der Waals surface area (Å²) in [7, 11) is 2.99. The zero-order valence-corrected chi connectivity index (χ0v) is 18.8. The number of hydrogen-bond donors (Lipinski definition) is 2. The van der Waals surface area contributed by atoms with Gasteiger partial charge in [0.05, 0.1) is 31.9 Å². The number of aryl methyl sites for hydroxylation is 1. The molecule has 2 N–H and O–H groups in total. The number of likely N-dealkylation sites (tertiary alicyclic amines) is 1. The zero-order chi connectivity index (χ0) is 23.7. The van der Waals surface area contributed by atoms with Gasteiger partial charge in [-0.25, -0.2) is 0 Å². The molecule has 2 heterocycles. The van der Waals surface area contributed by atoms with Gasteiger partial charge in [-0.15, -0.1) is 0 Å². The lowest BCUT2D eigenvalue weighted by Crippen LogP contribution is -2.36. The molecule has 8 nitrogen and oxygen atoms in total. The third-order valence-corrected chi connectivity index (χ3v) is 6.15. The van der Waals surface area contributed by atoms with E-state index in [9.17, 15) is 19.8 Å². The first-order chi connectivity index (χ1) is 15.8. The molecule has 0 radical (unpaired) electrons. The van der Waals surface area contributed by atoms with E-state index in [0.29, 0.717) is 23.5 Å². The molecule has 0 aliphatic carbocycles. The lowest BCUT2D eigenvalue weighted by molar-refractivity contribution is -0.140. The summed E-state index contributed by atoms with van der Waals surface area (Å²) in [4.78, 5) is 27.6. The second-order valence-corrected chi connectivity index (χ2v) is 8.20.